The molecule has 0 fully saturated rings. The van der Waals surface area contributed by atoms with E-state index in [4.69, 9.17) is 10.7 Å². The van der Waals surface area contributed by atoms with E-state index in [0.29, 0.717) is 6.54 Å². The van der Waals surface area contributed by atoms with Gasteiger partial charge in [0.25, 0.3) is 0 Å². The first kappa shape index (κ1) is 16.1. The van der Waals surface area contributed by atoms with Gasteiger partial charge in [-0.15, -0.1) is 0 Å². The van der Waals surface area contributed by atoms with Crippen LogP contribution in [0, 0.1) is 0 Å². The zero-order valence-corrected chi connectivity index (χ0v) is 14.1. The summed E-state index contributed by atoms with van der Waals surface area (Å²) in [5.74, 6) is 0.971. The van der Waals surface area contributed by atoms with E-state index in [-0.39, 0.29) is 5.75 Å². The van der Waals surface area contributed by atoms with Crippen LogP contribution in [0.5, 0.6) is 5.75 Å². The van der Waals surface area contributed by atoms with E-state index in [9.17, 15) is 5.11 Å². The molecule has 0 amide bonds. The lowest BCUT2D eigenvalue weighted by Gasteiger charge is -2.03. The molecule has 0 unspecified atom stereocenters. The van der Waals surface area contributed by atoms with Crippen LogP contribution in [0.25, 0.3) is 33.9 Å². The van der Waals surface area contributed by atoms with Gasteiger partial charge in [0, 0.05) is 35.6 Å². The van der Waals surface area contributed by atoms with Crippen molar-refractivity contribution < 1.29 is 5.11 Å². The van der Waals surface area contributed by atoms with Crippen LogP contribution in [0.2, 0.25) is 0 Å². The third-order valence-electron chi connectivity index (χ3n) is 4.26. The number of phenols is 1. The summed E-state index contributed by atoms with van der Waals surface area (Å²) in [6, 6.07) is 19.0. The zero-order valence-electron chi connectivity index (χ0n) is 14.1. The largest absolute Gasteiger partial charge is 0.508 e. The topological polar surface area (TPSA) is 87.8 Å². The van der Waals surface area contributed by atoms with Crippen LogP contribution < -0.4 is 5.73 Å². The molecule has 0 bridgehead atoms. The van der Waals surface area contributed by atoms with E-state index < -0.39 is 0 Å². The number of aromatic amines is 1. The standard InChI is InChI=1S/C21H18N4O/c22-13-14-4-6-16(7-5-14)21-24-19(15-8-10-23-11-9-15)20(25-21)17-2-1-3-18(26)12-17/h1-12,26H,13,22H2,(H,24,25). The molecule has 0 spiro atoms. The fraction of sp³-hybridized carbons (Fsp3) is 0.0476. The zero-order chi connectivity index (χ0) is 17.9. The number of hydrogen-bond donors (Lipinski definition) is 3. The Morgan fingerprint density at radius 3 is 2.35 bits per heavy atom. The van der Waals surface area contributed by atoms with Crippen molar-refractivity contribution in [2.24, 2.45) is 5.73 Å². The summed E-state index contributed by atoms with van der Waals surface area (Å²) >= 11 is 0. The molecular weight excluding hydrogens is 324 g/mol. The molecule has 26 heavy (non-hydrogen) atoms. The van der Waals surface area contributed by atoms with Crippen molar-refractivity contribution in [3.05, 3.63) is 78.6 Å². The van der Waals surface area contributed by atoms with Gasteiger partial charge in [0.15, 0.2) is 0 Å². The lowest BCUT2D eigenvalue weighted by Crippen LogP contribution is -1.95. The first-order valence-corrected chi connectivity index (χ1v) is 8.34. The van der Waals surface area contributed by atoms with Crippen LogP contribution >= 0.6 is 0 Å². The van der Waals surface area contributed by atoms with E-state index in [2.05, 4.69) is 9.97 Å². The van der Waals surface area contributed by atoms with Gasteiger partial charge in [-0.1, -0.05) is 36.4 Å². The molecule has 0 radical (unpaired) electrons. The van der Waals surface area contributed by atoms with Crippen LogP contribution in [-0.2, 0) is 6.54 Å². The number of aromatic hydroxyl groups is 1. The maximum Gasteiger partial charge on any atom is 0.138 e. The molecule has 2 aromatic carbocycles. The van der Waals surface area contributed by atoms with Gasteiger partial charge in [-0.25, -0.2) is 4.98 Å². The molecule has 2 aromatic heterocycles. The summed E-state index contributed by atoms with van der Waals surface area (Å²) < 4.78 is 0. The minimum atomic E-state index is 0.208. The quantitative estimate of drug-likeness (QED) is 0.523. The molecule has 4 N–H and O–H groups in total. The fourth-order valence-electron chi connectivity index (χ4n) is 2.90. The molecule has 0 atom stereocenters. The van der Waals surface area contributed by atoms with Gasteiger partial charge in [0.1, 0.15) is 11.6 Å². The normalized spacial score (nSPS) is 10.8. The smallest absolute Gasteiger partial charge is 0.138 e. The highest BCUT2D eigenvalue weighted by Gasteiger charge is 2.15. The second-order valence-corrected chi connectivity index (χ2v) is 6.00. The highest BCUT2D eigenvalue weighted by molar-refractivity contribution is 5.81. The Hall–Kier alpha value is -3.44. The number of pyridine rings is 1. The maximum atomic E-state index is 9.86. The Labute approximate surface area is 151 Å². The summed E-state index contributed by atoms with van der Waals surface area (Å²) in [4.78, 5) is 12.3. The van der Waals surface area contributed by atoms with Crippen molar-refractivity contribution in [1.82, 2.24) is 15.0 Å². The molecule has 2 heterocycles. The van der Waals surface area contributed by atoms with Gasteiger partial charge < -0.3 is 15.8 Å². The van der Waals surface area contributed by atoms with Gasteiger partial charge >= 0.3 is 0 Å². The predicted molar refractivity (Wildman–Crippen MR) is 102 cm³/mol. The summed E-state index contributed by atoms with van der Waals surface area (Å²) in [5, 5.41) is 9.86. The first-order valence-electron chi connectivity index (χ1n) is 8.34. The first-order chi connectivity index (χ1) is 12.7. The van der Waals surface area contributed by atoms with Crippen molar-refractivity contribution in [3.8, 4) is 39.7 Å². The number of nitrogens with one attached hydrogen (secondary N) is 1. The number of rotatable bonds is 4. The van der Waals surface area contributed by atoms with Gasteiger partial charge in [-0.2, -0.15) is 0 Å². The number of imidazole rings is 1. The van der Waals surface area contributed by atoms with Crippen LogP contribution in [-0.4, -0.2) is 20.1 Å². The molecule has 4 aromatic rings. The van der Waals surface area contributed by atoms with Crippen LogP contribution in [0.15, 0.2) is 73.1 Å². The van der Waals surface area contributed by atoms with Gasteiger partial charge in [0.2, 0.25) is 0 Å². The third kappa shape index (κ3) is 3.08. The Morgan fingerprint density at radius 1 is 0.885 bits per heavy atom. The Morgan fingerprint density at radius 2 is 1.65 bits per heavy atom. The number of hydrogen-bond acceptors (Lipinski definition) is 4. The number of aromatic nitrogens is 3. The maximum absolute atomic E-state index is 9.86. The molecule has 0 aliphatic heterocycles. The van der Waals surface area contributed by atoms with Crippen LogP contribution in [0.4, 0.5) is 0 Å². The summed E-state index contributed by atoms with van der Waals surface area (Å²) in [6.45, 7) is 0.509. The van der Waals surface area contributed by atoms with Crippen molar-refractivity contribution >= 4 is 0 Å². The van der Waals surface area contributed by atoms with E-state index in [0.717, 1.165) is 39.5 Å². The van der Waals surface area contributed by atoms with E-state index in [1.807, 2.05) is 48.5 Å². The molecule has 5 heteroatoms. The van der Waals surface area contributed by atoms with Gasteiger partial charge in [0.05, 0.1) is 11.4 Å². The van der Waals surface area contributed by atoms with Crippen molar-refractivity contribution in [1.29, 1.82) is 0 Å². The molecular formula is C21H18N4O. The molecule has 0 aliphatic carbocycles. The highest BCUT2D eigenvalue weighted by atomic mass is 16.3. The molecule has 4 rings (SSSR count). The predicted octanol–water partition coefficient (Wildman–Crippen LogP) is 3.97. The minimum absolute atomic E-state index is 0.208. The summed E-state index contributed by atoms with van der Waals surface area (Å²) in [6.07, 6.45) is 3.50. The van der Waals surface area contributed by atoms with Crippen LogP contribution in [0.3, 0.4) is 0 Å². The van der Waals surface area contributed by atoms with Gasteiger partial charge in [-0.3, -0.25) is 4.98 Å². The SMILES string of the molecule is NCc1ccc(-c2nc(-c3cccc(O)c3)c(-c3ccncc3)[nH]2)cc1. The van der Waals surface area contributed by atoms with Crippen molar-refractivity contribution in [2.45, 2.75) is 6.54 Å². The van der Waals surface area contributed by atoms with E-state index >= 15 is 0 Å². The second kappa shape index (κ2) is 6.82. The number of phenolic OH excluding ortho intramolecular Hbond substituents is 1. The average Bonchev–Trinajstić information content (AvgIpc) is 3.14. The lowest BCUT2D eigenvalue weighted by molar-refractivity contribution is 0.475. The number of H-pyrrole nitrogens is 1. The fourth-order valence-corrected chi connectivity index (χ4v) is 2.90. The van der Waals surface area contributed by atoms with E-state index in [1.165, 1.54) is 0 Å². The number of nitrogens with two attached hydrogens (primary N) is 1. The monoisotopic (exact) mass is 342 g/mol. The Bertz CT molecular complexity index is 1020. The summed E-state index contributed by atoms with van der Waals surface area (Å²) in [5.41, 5.74) is 11.2. The Balaban J connectivity index is 1.87. The van der Waals surface area contributed by atoms with E-state index in [1.54, 1.807) is 24.5 Å². The third-order valence-corrected chi connectivity index (χ3v) is 4.26. The molecule has 128 valence electrons. The number of benzene rings is 2. The molecule has 5 nitrogen and oxygen atoms in total. The lowest BCUT2D eigenvalue weighted by atomic mass is 10.1. The molecule has 0 saturated carbocycles. The summed E-state index contributed by atoms with van der Waals surface area (Å²) in [7, 11) is 0. The van der Waals surface area contributed by atoms with Crippen molar-refractivity contribution in [2.75, 3.05) is 0 Å². The van der Waals surface area contributed by atoms with Crippen LogP contribution in [0.1, 0.15) is 5.56 Å². The molecule has 0 saturated heterocycles. The second-order valence-electron chi connectivity index (χ2n) is 6.00. The Kier molecular flexibility index (Phi) is 4.21. The highest BCUT2D eigenvalue weighted by Crippen LogP contribution is 2.34. The minimum Gasteiger partial charge on any atom is -0.508 e. The average molecular weight is 342 g/mol. The van der Waals surface area contributed by atoms with Gasteiger partial charge in [-0.05, 0) is 29.8 Å². The number of nitrogens with zero attached hydrogens (tertiary/aromatic N) is 2. The van der Waals surface area contributed by atoms with Crippen molar-refractivity contribution in [3.63, 3.8) is 0 Å². The molecule has 0 aliphatic rings.